The fraction of sp³-hybridized carbons (Fsp3) is 0.469. The van der Waals surface area contributed by atoms with Crippen molar-refractivity contribution in [3.63, 3.8) is 0 Å². The van der Waals surface area contributed by atoms with E-state index < -0.39 is 0 Å². The minimum absolute atomic E-state index is 0.00211. The molecule has 0 aliphatic heterocycles. The van der Waals surface area contributed by atoms with Crippen LogP contribution in [0.2, 0.25) is 0 Å². The molecule has 5 atom stereocenters. The highest BCUT2D eigenvalue weighted by Crippen LogP contribution is 2.65. The molecule has 0 saturated heterocycles. The molecule has 3 saturated carbocycles. The van der Waals surface area contributed by atoms with Gasteiger partial charge in [0.05, 0.1) is 7.11 Å². The molecule has 6 rings (SSSR count). The van der Waals surface area contributed by atoms with Gasteiger partial charge in [0.1, 0.15) is 5.75 Å². The van der Waals surface area contributed by atoms with Crippen molar-refractivity contribution in [2.45, 2.75) is 57.8 Å². The molecule has 1 N–H and O–H groups in total. The molecule has 0 spiro atoms. The van der Waals surface area contributed by atoms with Gasteiger partial charge in [-0.15, -0.1) is 0 Å². The summed E-state index contributed by atoms with van der Waals surface area (Å²) in [5.41, 5.74) is 4.90. The molecule has 2 bridgehead atoms. The first-order valence-corrected chi connectivity index (χ1v) is 13.5. The van der Waals surface area contributed by atoms with Crippen molar-refractivity contribution in [1.82, 2.24) is 5.32 Å². The molecule has 3 aliphatic carbocycles. The standard InChI is InChI=1S/C32H37NO2/c1-4-11-33-31(34)25-8-7-21-13-22(5-6-23(21)14-25)24-9-10-30(35-3)29(16-24)32-17-20(2)12-26(18-32)28-15-27(28)19-32/h5-10,13-14,16,20,26-28H,4,11-12,15,17-19H2,1-3H3,(H,33,34). The summed E-state index contributed by atoms with van der Waals surface area (Å²) in [6, 6.07) is 19.5. The van der Waals surface area contributed by atoms with Gasteiger partial charge in [0, 0.05) is 17.7 Å². The topological polar surface area (TPSA) is 38.3 Å². The van der Waals surface area contributed by atoms with Crippen molar-refractivity contribution >= 4 is 16.7 Å². The van der Waals surface area contributed by atoms with Crippen molar-refractivity contribution < 1.29 is 9.53 Å². The summed E-state index contributed by atoms with van der Waals surface area (Å²) in [4.78, 5) is 12.4. The molecule has 3 aromatic carbocycles. The lowest BCUT2D eigenvalue weighted by Crippen LogP contribution is -2.41. The van der Waals surface area contributed by atoms with Crippen LogP contribution in [0.5, 0.6) is 5.75 Å². The van der Waals surface area contributed by atoms with E-state index in [2.05, 4.69) is 61.6 Å². The number of nitrogens with one attached hydrogen (secondary N) is 1. The van der Waals surface area contributed by atoms with Gasteiger partial charge < -0.3 is 10.1 Å². The Kier molecular flexibility index (Phi) is 5.62. The first-order valence-electron chi connectivity index (χ1n) is 13.5. The molecule has 3 nitrogen and oxygen atoms in total. The van der Waals surface area contributed by atoms with Crippen molar-refractivity contribution in [2.24, 2.45) is 23.7 Å². The third-order valence-corrected chi connectivity index (χ3v) is 9.08. The van der Waals surface area contributed by atoms with Gasteiger partial charge in [0.15, 0.2) is 0 Å². The first-order chi connectivity index (χ1) is 17.0. The Morgan fingerprint density at radius 3 is 2.46 bits per heavy atom. The fourth-order valence-corrected chi connectivity index (χ4v) is 7.55. The summed E-state index contributed by atoms with van der Waals surface area (Å²) < 4.78 is 5.96. The third-order valence-electron chi connectivity index (χ3n) is 9.08. The Hall–Kier alpha value is -2.81. The lowest BCUT2D eigenvalue weighted by molar-refractivity contribution is 0.0953. The van der Waals surface area contributed by atoms with Crippen LogP contribution in [0.15, 0.2) is 54.6 Å². The van der Waals surface area contributed by atoms with E-state index in [1.807, 2.05) is 19.2 Å². The maximum Gasteiger partial charge on any atom is 0.251 e. The molecular weight excluding hydrogens is 430 g/mol. The molecule has 3 aromatic rings. The summed E-state index contributed by atoms with van der Waals surface area (Å²) in [6.45, 7) is 5.23. The fourth-order valence-electron chi connectivity index (χ4n) is 7.55. The van der Waals surface area contributed by atoms with E-state index in [1.54, 1.807) is 0 Å². The second kappa shape index (κ2) is 8.69. The smallest absolute Gasteiger partial charge is 0.251 e. The second-order valence-electron chi connectivity index (χ2n) is 11.6. The molecule has 3 aliphatic rings. The lowest BCUT2D eigenvalue weighted by atomic mass is 9.56. The van der Waals surface area contributed by atoms with Gasteiger partial charge in [0.2, 0.25) is 0 Å². The van der Waals surface area contributed by atoms with E-state index in [-0.39, 0.29) is 11.3 Å². The van der Waals surface area contributed by atoms with E-state index in [0.29, 0.717) is 6.54 Å². The third kappa shape index (κ3) is 4.03. The maximum atomic E-state index is 12.4. The van der Waals surface area contributed by atoms with E-state index >= 15 is 0 Å². The van der Waals surface area contributed by atoms with Crippen molar-refractivity contribution in [2.75, 3.05) is 13.7 Å². The number of hydrogen-bond donors (Lipinski definition) is 1. The predicted molar refractivity (Wildman–Crippen MR) is 143 cm³/mol. The van der Waals surface area contributed by atoms with Gasteiger partial charge >= 0.3 is 0 Å². The Balaban J connectivity index is 1.36. The van der Waals surface area contributed by atoms with E-state index in [4.69, 9.17) is 4.74 Å². The van der Waals surface area contributed by atoms with Crippen LogP contribution < -0.4 is 10.1 Å². The summed E-state index contributed by atoms with van der Waals surface area (Å²) in [5, 5.41) is 5.23. The van der Waals surface area contributed by atoms with E-state index in [9.17, 15) is 4.79 Å². The van der Waals surface area contributed by atoms with E-state index in [0.717, 1.165) is 52.2 Å². The summed E-state index contributed by atoms with van der Waals surface area (Å²) in [7, 11) is 1.83. The van der Waals surface area contributed by atoms with Crippen molar-refractivity contribution in [3.8, 4) is 16.9 Å². The summed E-state index contributed by atoms with van der Waals surface area (Å²) >= 11 is 0. The molecule has 0 heterocycles. The highest BCUT2D eigenvalue weighted by Gasteiger charge is 2.57. The Bertz CT molecular complexity index is 1280. The number of ether oxygens (including phenoxy) is 1. The van der Waals surface area contributed by atoms with Crippen LogP contribution in [-0.2, 0) is 5.41 Å². The van der Waals surface area contributed by atoms with E-state index in [1.165, 1.54) is 48.8 Å². The molecule has 3 heteroatoms. The SMILES string of the molecule is CCCNC(=O)c1ccc2cc(-c3ccc(OC)c(C45CC(C)CC(C4)C4CC4C5)c3)ccc2c1. The number of amides is 1. The lowest BCUT2D eigenvalue weighted by Gasteiger charge is -2.48. The number of carbonyl (C=O) groups is 1. The Morgan fingerprint density at radius 2 is 1.66 bits per heavy atom. The quantitative estimate of drug-likeness (QED) is 0.411. The second-order valence-corrected chi connectivity index (χ2v) is 11.6. The van der Waals surface area contributed by atoms with Crippen LogP contribution in [0.1, 0.15) is 68.3 Å². The number of hydrogen-bond acceptors (Lipinski definition) is 2. The van der Waals surface area contributed by atoms with Gasteiger partial charge in [-0.25, -0.2) is 0 Å². The number of fused-ring (bicyclic) bond motifs is 5. The van der Waals surface area contributed by atoms with Gasteiger partial charge in [-0.3, -0.25) is 4.79 Å². The monoisotopic (exact) mass is 467 g/mol. The number of benzene rings is 3. The van der Waals surface area contributed by atoms with Crippen LogP contribution in [0.4, 0.5) is 0 Å². The molecule has 182 valence electrons. The van der Waals surface area contributed by atoms with Crippen molar-refractivity contribution in [1.29, 1.82) is 0 Å². The van der Waals surface area contributed by atoms with Crippen LogP contribution >= 0.6 is 0 Å². The van der Waals surface area contributed by atoms with Gasteiger partial charge in [-0.05, 0) is 120 Å². The largest absolute Gasteiger partial charge is 0.496 e. The molecule has 0 radical (unpaired) electrons. The van der Waals surface area contributed by atoms with Crippen LogP contribution in [0.3, 0.4) is 0 Å². The average molecular weight is 468 g/mol. The Labute approximate surface area is 209 Å². The predicted octanol–water partition coefficient (Wildman–Crippen LogP) is 7.37. The zero-order valence-electron chi connectivity index (χ0n) is 21.3. The zero-order chi connectivity index (χ0) is 24.2. The molecule has 1 amide bonds. The molecular formula is C32H37NO2. The van der Waals surface area contributed by atoms with Crippen LogP contribution in [-0.4, -0.2) is 19.6 Å². The Morgan fingerprint density at radius 1 is 0.943 bits per heavy atom. The van der Waals surface area contributed by atoms with Crippen LogP contribution in [0.25, 0.3) is 21.9 Å². The summed E-state index contributed by atoms with van der Waals surface area (Å²) in [5.74, 6) is 4.67. The van der Waals surface area contributed by atoms with Gasteiger partial charge in [-0.2, -0.15) is 0 Å². The molecule has 3 fully saturated rings. The minimum atomic E-state index is 0.00211. The average Bonchev–Trinajstić information content (AvgIpc) is 3.65. The highest BCUT2D eigenvalue weighted by atomic mass is 16.5. The number of carbonyl (C=O) groups excluding carboxylic acids is 1. The van der Waals surface area contributed by atoms with Gasteiger partial charge in [-0.1, -0.05) is 38.1 Å². The first kappa shape index (κ1) is 22.6. The zero-order valence-corrected chi connectivity index (χ0v) is 21.3. The number of rotatable bonds is 6. The molecule has 0 aromatic heterocycles. The normalized spacial score (nSPS) is 28.9. The minimum Gasteiger partial charge on any atom is -0.496 e. The maximum absolute atomic E-state index is 12.4. The molecule has 5 unspecified atom stereocenters. The van der Waals surface area contributed by atoms with Crippen molar-refractivity contribution in [3.05, 3.63) is 65.7 Å². The number of methoxy groups -OCH3 is 1. The highest BCUT2D eigenvalue weighted by molar-refractivity contribution is 5.99. The van der Waals surface area contributed by atoms with Crippen LogP contribution in [0, 0.1) is 23.7 Å². The summed E-state index contributed by atoms with van der Waals surface area (Å²) in [6.07, 6.45) is 7.75. The molecule has 35 heavy (non-hydrogen) atoms. The van der Waals surface area contributed by atoms with Gasteiger partial charge in [0.25, 0.3) is 5.91 Å².